The fourth-order valence-corrected chi connectivity index (χ4v) is 5.41. The highest BCUT2D eigenvalue weighted by atomic mass is 32.2. The van der Waals surface area contributed by atoms with Crippen LogP contribution in [0, 0.1) is 5.92 Å². The maximum Gasteiger partial charge on any atom is 0.250 e. The topological polar surface area (TPSA) is 32.3 Å². The zero-order valence-corrected chi connectivity index (χ0v) is 16.2. The van der Waals surface area contributed by atoms with Crippen molar-refractivity contribution in [1.29, 1.82) is 0 Å². The first kappa shape index (κ1) is 18.8. The average molecular weight is 361 g/mol. The van der Waals surface area contributed by atoms with Crippen LogP contribution in [0.3, 0.4) is 0 Å². The highest BCUT2D eigenvalue weighted by molar-refractivity contribution is 8.02. The number of amides is 1. The fraction of sp³-hybridized carbons (Fsp3) is 0.667. The lowest BCUT2D eigenvalue weighted by molar-refractivity contribution is -0.133. The smallest absolute Gasteiger partial charge is 0.250 e. The summed E-state index contributed by atoms with van der Waals surface area (Å²) in [6, 6.07) is 0.486. The lowest BCUT2D eigenvalue weighted by atomic mass is 9.78. The SMILES string of the molecule is C=CC/C(=C\SCC1=CCNCC1)C(=O)N1CCCC2CCCCC21. The molecule has 1 amide bonds. The number of piperidine rings is 1. The van der Waals surface area contributed by atoms with Gasteiger partial charge in [0.2, 0.25) is 0 Å². The zero-order chi connectivity index (χ0) is 17.5. The molecule has 0 aromatic heterocycles. The number of likely N-dealkylation sites (tertiary alicyclic amines) is 1. The fourth-order valence-electron chi connectivity index (χ4n) is 4.45. The molecule has 2 atom stereocenters. The number of hydrogen-bond donors (Lipinski definition) is 1. The van der Waals surface area contributed by atoms with Gasteiger partial charge in [-0.3, -0.25) is 4.79 Å². The molecule has 1 N–H and O–H groups in total. The van der Waals surface area contributed by atoms with Gasteiger partial charge in [-0.05, 0) is 56.4 Å². The molecule has 2 aliphatic heterocycles. The number of carbonyl (C=O) groups is 1. The van der Waals surface area contributed by atoms with Gasteiger partial charge in [0, 0.05) is 30.5 Å². The molecule has 3 nitrogen and oxygen atoms in total. The number of hydrogen-bond acceptors (Lipinski definition) is 3. The van der Waals surface area contributed by atoms with Gasteiger partial charge in [-0.15, -0.1) is 18.3 Å². The van der Waals surface area contributed by atoms with E-state index in [4.69, 9.17) is 0 Å². The van der Waals surface area contributed by atoms with Crippen LogP contribution in [0.4, 0.5) is 0 Å². The summed E-state index contributed by atoms with van der Waals surface area (Å²) in [5, 5.41) is 5.46. The number of fused-ring (bicyclic) bond motifs is 1. The molecule has 0 spiro atoms. The Labute approximate surface area is 157 Å². The van der Waals surface area contributed by atoms with Gasteiger partial charge in [-0.25, -0.2) is 0 Å². The van der Waals surface area contributed by atoms with Crippen molar-refractivity contribution in [3.63, 3.8) is 0 Å². The molecule has 1 saturated heterocycles. The van der Waals surface area contributed by atoms with E-state index in [0.717, 1.165) is 43.3 Å². The van der Waals surface area contributed by atoms with E-state index in [9.17, 15) is 4.79 Å². The highest BCUT2D eigenvalue weighted by Crippen LogP contribution is 2.36. The lowest BCUT2D eigenvalue weighted by Gasteiger charge is -2.44. The Balaban J connectivity index is 1.63. The quantitative estimate of drug-likeness (QED) is 0.567. The highest BCUT2D eigenvalue weighted by Gasteiger charge is 2.36. The molecule has 2 unspecified atom stereocenters. The summed E-state index contributed by atoms with van der Waals surface area (Å²) in [5.74, 6) is 2.01. The Morgan fingerprint density at radius 1 is 1.32 bits per heavy atom. The van der Waals surface area contributed by atoms with Gasteiger partial charge in [0.15, 0.2) is 0 Å². The van der Waals surface area contributed by atoms with E-state index in [2.05, 4.69) is 28.3 Å². The van der Waals surface area contributed by atoms with Crippen LogP contribution >= 0.6 is 11.8 Å². The van der Waals surface area contributed by atoms with Crippen LogP contribution < -0.4 is 5.32 Å². The first-order valence-corrected chi connectivity index (χ1v) is 11.0. The van der Waals surface area contributed by atoms with E-state index in [1.807, 2.05) is 6.08 Å². The van der Waals surface area contributed by atoms with Crippen LogP contribution in [-0.2, 0) is 4.79 Å². The standard InChI is InChI=1S/C21H32N2OS/c1-2-6-19(16-25-15-17-10-12-22-13-11-17)21(24)23-14-5-8-18-7-3-4-9-20(18)23/h2,10,16,18,20,22H,1,3-9,11-15H2/b19-16+. The van der Waals surface area contributed by atoms with Crippen molar-refractivity contribution in [2.75, 3.05) is 25.4 Å². The Morgan fingerprint density at radius 3 is 2.96 bits per heavy atom. The molecular weight excluding hydrogens is 328 g/mol. The summed E-state index contributed by atoms with van der Waals surface area (Å²) in [4.78, 5) is 15.4. The van der Waals surface area contributed by atoms with E-state index in [1.54, 1.807) is 11.8 Å². The molecule has 2 heterocycles. The number of rotatable bonds is 6. The number of carbonyl (C=O) groups excluding carboxylic acids is 1. The summed E-state index contributed by atoms with van der Waals surface area (Å²) in [6.45, 7) is 6.86. The summed E-state index contributed by atoms with van der Waals surface area (Å²) in [5.41, 5.74) is 2.43. The Morgan fingerprint density at radius 2 is 2.16 bits per heavy atom. The first-order chi connectivity index (χ1) is 12.3. The molecule has 1 aliphatic carbocycles. The van der Waals surface area contributed by atoms with E-state index >= 15 is 0 Å². The Kier molecular flexibility index (Phi) is 7.23. The van der Waals surface area contributed by atoms with Crippen molar-refractivity contribution in [3.8, 4) is 0 Å². The minimum Gasteiger partial charge on any atom is -0.336 e. The number of nitrogens with one attached hydrogen (secondary N) is 1. The van der Waals surface area contributed by atoms with Gasteiger partial charge in [0.25, 0.3) is 5.91 Å². The summed E-state index contributed by atoms with van der Waals surface area (Å²) in [7, 11) is 0. The molecule has 0 aromatic carbocycles. The van der Waals surface area contributed by atoms with Gasteiger partial charge in [-0.1, -0.05) is 30.6 Å². The van der Waals surface area contributed by atoms with Crippen molar-refractivity contribution in [2.24, 2.45) is 5.92 Å². The molecule has 3 aliphatic rings. The molecule has 0 aromatic rings. The second kappa shape index (κ2) is 9.63. The van der Waals surface area contributed by atoms with Crippen LogP contribution in [0.1, 0.15) is 51.4 Å². The molecule has 4 heteroatoms. The van der Waals surface area contributed by atoms with E-state index < -0.39 is 0 Å². The third-order valence-electron chi connectivity index (χ3n) is 5.80. The molecule has 0 radical (unpaired) electrons. The molecule has 3 rings (SSSR count). The Hall–Kier alpha value is -1.00. The van der Waals surface area contributed by atoms with Crippen LogP contribution in [0.25, 0.3) is 0 Å². The normalized spacial score (nSPS) is 27.4. The van der Waals surface area contributed by atoms with E-state index in [-0.39, 0.29) is 5.91 Å². The Bertz CT molecular complexity index is 538. The van der Waals surface area contributed by atoms with Crippen molar-refractivity contribution < 1.29 is 4.79 Å². The van der Waals surface area contributed by atoms with Gasteiger partial charge < -0.3 is 10.2 Å². The molecule has 2 fully saturated rings. The van der Waals surface area contributed by atoms with Crippen LogP contribution in [0.2, 0.25) is 0 Å². The minimum absolute atomic E-state index is 0.267. The second-order valence-corrected chi connectivity index (χ2v) is 8.37. The maximum atomic E-state index is 13.2. The van der Waals surface area contributed by atoms with E-state index in [0.29, 0.717) is 12.5 Å². The summed E-state index contributed by atoms with van der Waals surface area (Å²) < 4.78 is 0. The van der Waals surface area contributed by atoms with Gasteiger partial charge in [0.05, 0.1) is 0 Å². The molecular formula is C21H32N2OS. The summed E-state index contributed by atoms with van der Waals surface area (Å²) >= 11 is 1.78. The molecule has 25 heavy (non-hydrogen) atoms. The largest absolute Gasteiger partial charge is 0.336 e. The van der Waals surface area contributed by atoms with Crippen LogP contribution in [0.15, 0.2) is 35.3 Å². The second-order valence-electron chi connectivity index (χ2n) is 7.52. The van der Waals surface area contributed by atoms with Crippen LogP contribution in [0.5, 0.6) is 0 Å². The molecule has 1 saturated carbocycles. The third-order valence-corrected chi connectivity index (χ3v) is 6.78. The van der Waals surface area contributed by atoms with E-state index in [1.165, 1.54) is 44.1 Å². The lowest BCUT2D eigenvalue weighted by Crippen LogP contribution is -2.50. The van der Waals surface area contributed by atoms with Gasteiger partial charge >= 0.3 is 0 Å². The average Bonchev–Trinajstić information content (AvgIpc) is 2.67. The first-order valence-electron chi connectivity index (χ1n) is 9.90. The minimum atomic E-state index is 0.267. The number of thioether (sulfide) groups is 1. The zero-order valence-electron chi connectivity index (χ0n) is 15.3. The molecule has 0 bridgehead atoms. The monoisotopic (exact) mass is 360 g/mol. The van der Waals surface area contributed by atoms with Crippen LogP contribution in [-0.4, -0.2) is 42.2 Å². The third kappa shape index (κ3) is 5.01. The number of allylic oxidation sites excluding steroid dienone is 1. The predicted octanol–water partition coefficient (Wildman–Crippen LogP) is 4.28. The predicted molar refractivity (Wildman–Crippen MR) is 108 cm³/mol. The van der Waals surface area contributed by atoms with Crippen molar-refractivity contribution in [3.05, 3.63) is 35.3 Å². The van der Waals surface area contributed by atoms with Crippen molar-refractivity contribution in [2.45, 2.75) is 57.4 Å². The van der Waals surface area contributed by atoms with Crippen molar-refractivity contribution >= 4 is 17.7 Å². The molecule has 138 valence electrons. The van der Waals surface area contributed by atoms with Gasteiger partial charge in [-0.2, -0.15) is 0 Å². The summed E-state index contributed by atoms with van der Waals surface area (Å²) in [6.07, 6.45) is 13.6. The van der Waals surface area contributed by atoms with Gasteiger partial charge in [0.1, 0.15) is 0 Å². The number of nitrogens with zero attached hydrogens (tertiary/aromatic N) is 1. The maximum absolute atomic E-state index is 13.2. The van der Waals surface area contributed by atoms with Crippen molar-refractivity contribution in [1.82, 2.24) is 10.2 Å².